The van der Waals surface area contributed by atoms with Gasteiger partial charge in [0, 0.05) is 6.42 Å². The first-order valence-corrected chi connectivity index (χ1v) is 16.7. The summed E-state index contributed by atoms with van der Waals surface area (Å²) in [5.41, 5.74) is 13.8. The quantitative estimate of drug-likeness (QED) is 0.140. The lowest BCUT2D eigenvalue weighted by molar-refractivity contribution is 0.469. The van der Waals surface area contributed by atoms with Crippen LogP contribution in [0.2, 0.25) is 0 Å². The van der Waals surface area contributed by atoms with Gasteiger partial charge in [-0.3, -0.25) is 0 Å². The average molecular weight is 639 g/mol. The first-order valence-electron chi connectivity index (χ1n) is 16.7. The van der Waals surface area contributed by atoms with Gasteiger partial charge in [-0.1, -0.05) is 133 Å². The zero-order valence-electron chi connectivity index (χ0n) is 27.3. The molecule has 7 aromatic carbocycles. The molecular formula is C46H38O3. The van der Waals surface area contributed by atoms with Crippen molar-refractivity contribution in [3.63, 3.8) is 0 Å². The van der Waals surface area contributed by atoms with Crippen molar-refractivity contribution < 1.29 is 15.3 Å². The highest BCUT2D eigenvalue weighted by atomic mass is 16.3. The lowest BCUT2D eigenvalue weighted by Crippen LogP contribution is -1.94. The van der Waals surface area contributed by atoms with Gasteiger partial charge in [0.15, 0.2) is 0 Å². The minimum atomic E-state index is 0.287. The van der Waals surface area contributed by atoms with Gasteiger partial charge in [-0.05, 0) is 116 Å². The predicted octanol–water partition coefficient (Wildman–Crippen LogP) is 10.5. The molecule has 0 unspecified atom stereocenters. The third-order valence-electron chi connectivity index (χ3n) is 9.09. The largest absolute Gasteiger partial charge is 0.508 e. The van der Waals surface area contributed by atoms with E-state index in [1.165, 1.54) is 44.5 Å². The van der Waals surface area contributed by atoms with Crippen molar-refractivity contribution in [1.82, 2.24) is 0 Å². The molecule has 0 radical (unpaired) electrons. The van der Waals surface area contributed by atoms with Crippen LogP contribution in [0.25, 0.3) is 22.3 Å². The van der Waals surface area contributed by atoms with E-state index in [9.17, 15) is 15.3 Å². The lowest BCUT2D eigenvalue weighted by Gasteiger charge is -2.10. The zero-order chi connectivity index (χ0) is 33.6. The van der Waals surface area contributed by atoms with Crippen molar-refractivity contribution in [3.05, 3.63) is 208 Å². The molecule has 0 amide bonds. The summed E-state index contributed by atoms with van der Waals surface area (Å²) in [6.07, 6.45) is 3.06. The molecule has 0 aliphatic heterocycles. The molecule has 0 saturated heterocycles. The summed E-state index contributed by atoms with van der Waals surface area (Å²) in [6.45, 7) is 0. The summed E-state index contributed by atoms with van der Waals surface area (Å²) in [7, 11) is 0. The second-order valence-electron chi connectivity index (χ2n) is 12.8. The Morgan fingerprint density at radius 3 is 1.10 bits per heavy atom. The van der Waals surface area contributed by atoms with Crippen LogP contribution in [0.3, 0.4) is 0 Å². The highest BCUT2D eigenvalue weighted by Gasteiger charge is 2.08. The smallest absolute Gasteiger partial charge is 0.119 e. The van der Waals surface area contributed by atoms with Crippen LogP contribution in [0, 0.1) is 0 Å². The summed E-state index contributed by atoms with van der Waals surface area (Å²) in [5.74, 6) is 0.903. The first kappa shape index (κ1) is 31.5. The zero-order valence-corrected chi connectivity index (χ0v) is 27.3. The monoisotopic (exact) mass is 638 g/mol. The van der Waals surface area contributed by atoms with Gasteiger partial charge in [0.2, 0.25) is 0 Å². The van der Waals surface area contributed by atoms with Crippen LogP contribution in [-0.4, -0.2) is 15.3 Å². The molecule has 0 saturated carbocycles. The highest BCUT2D eigenvalue weighted by molar-refractivity contribution is 5.65. The predicted molar refractivity (Wildman–Crippen MR) is 199 cm³/mol. The summed E-state index contributed by atoms with van der Waals surface area (Å²) in [6, 6.07) is 55.2. The van der Waals surface area contributed by atoms with Crippen LogP contribution in [0.1, 0.15) is 44.5 Å². The van der Waals surface area contributed by atoms with Crippen molar-refractivity contribution in [2.45, 2.75) is 25.7 Å². The number of phenols is 3. The van der Waals surface area contributed by atoms with Crippen molar-refractivity contribution in [2.24, 2.45) is 0 Å². The summed E-state index contributed by atoms with van der Waals surface area (Å²) in [5, 5.41) is 30.0. The molecule has 49 heavy (non-hydrogen) atoms. The topological polar surface area (TPSA) is 60.7 Å². The van der Waals surface area contributed by atoms with E-state index in [0.29, 0.717) is 17.9 Å². The molecule has 0 heterocycles. The molecule has 3 heteroatoms. The van der Waals surface area contributed by atoms with Gasteiger partial charge in [0.1, 0.15) is 17.2 Å². The van der Waals surface area contributed by atoms with Crippen LogP contribution in [-0.2, 0) is 25.7 Å². The van der Waals surface area contributed by atoms with E-state index in [2.05, 4.69) is 103 Å². The van der Waals surface area contributed by atoms with Gasteiger partial charge < -0.3 is 15.3 Å². The third kappa shape index (κ3) is 8.09. The first-order chi connectivity index (χ1) is 23.9. The van der Waals surface area contributed by atoms with Gasteiger partial charge in [-0.25, -0.2) is 0 Å². The van der Waals surface area contributed by atoms with Crippen molar-refractivity contribution in [3.8, 4) is 39.5 Å². The molecule has 0 aliphatic carbocycles. The maximum atomic E-state index is 10.7. The molecule has 0 bridgehead atoms. The van der Waals surface area contributed by atoms with Crippen LogP contribution >= 0.6 is 0 Å². The molecule has 3 N–H and O–H groups in total. The van der Waals surface area contributed by atoms with Gasteiger partial charge in [-0.15, -0.1) is 0 Å². The molecule has 0 aliphatic rings. The molecular weight excluding hydrogens is 601 g/mol. The minimum absolute atomic E-state index is 0.287. The van der Waals surface area contributed by atoms with Gasteiger partial charge in [-0.2, -0.15) is 0 Å². The molecule has 7 aromatic rings. The molecule has 3 nitrogen and oxygen atoms in total. The van der Waals surface area contributed by atoms with Crippen molar-refractivity contribution in [1.29, 1.82) is 0 Å². The fraction of sp³-hybridized carbons (Fsp3) is 0.0870. The van der Waals surface area contributed by atoms with Crippen LogP contribution in [0.5, 0.6) is 17.2 Å². The molecule has 0 fully saturated rings. The summed E-state index contributed by atoms with van der Waals surface area (Å²) in [4.78, 5) is 0. The molecule has 0 spiro atoms. The number of rotatable bonds is 10. The summed E-state index contributed by atoms with van der Waals surface area (Å²) < 4.78 is 0. The second kappa shape index (κ2) is 14.4. The Balaban J connectivity index is 0.964. The molecule has 240 valence electrons. The maximum Gasteiger partial charge on any atom is 0.119 e. The van der Waals surface area contributed by atoms with Gasteiger partial charge in [0.05, 0.1) is 0 Å². The van der Waals surface area contributed by atoms with E-state index in [4.69, 9.17) is 0 Å². The third-order valence-corrected chi connectivity index (χ3v) is 9.09. The number of phenolic OH excluding ortho intramolecular Hbond substituents is 3. The van der Waals surface area contributed by atoms with Crippen molar-refractivity contribution >= 4 is 0 Å². The Morgan fingerprint density at radius 1 is 0.286 bits per heavy atom. The average Bonchev–Trinajstić information content (AvgIpc) is 3.12. The number of hydrogen-bond acceptors (Lipinski definition) is 3. The Kier molecular flexibility index (Phi) is 9.25. The van der Waals surface area contributed by atoms with Crippen molar-refractivity contribution in [2.75, 3.05) is 0 Å². The summed E-state index contributed by atoms with van der Waals surface area (Å²) >= 11 is 0. The second-order valence-corrected chi connectivity index (χ2v) is 12.8. The maximum absolute atomic E-state index is 10.7. The van der Waals surface area contributed by atoms with E-state index in [-0.39, 0.29) is 5.75 Å². The lowest BCUT2D eigenvalue weighted by atomic mass is 9.95. The number of aromatic hydroxyl groups is 3. The SMILES string of the molecule is Oc1ccc(Cc2ccc(-c3ccc(Cc4cc(Cc5ccc(-c6ccc(Cc7cccc(O)c7)cc6)cc5)ccc4O)cc3)cc2)cc1. The normalized spacial score (nSPS) is 11.0. The number of benzene rings is 7. The fourth-order valence-electron chi connectivity index (χ4n) is 6.36. The molecule has 0 atom stereocenters. The Hall–Kier alpha value is -6.06. The van der Waals surface area contributed by atoms with E-state index < -0.39 is 0 Å². The van der Waals surface area contributed by atoms with E-state index in [0.717, 1.165) is 41.5 Å². The Bertz CT molecular complexity index is 2150. The van der Waals surface area contributed by atoms with Crippen LogP contribution < -0.4 is 0 Å². The van der Waals surface area contributed by atoms with Crippen LogP contribution in [0.15, 0.2) is 164 Å². The minimum Gasteiger partial charge on any atom is -0.508 e. The van der Waals surface area contributed by atoms with Gasteiger partial charge >= 0.3 is 0 Å². The van der Waals surface area contributed by atoms with Gasteiger partial charge in [0.25, 0.3) is 0 Å². The number of hydrogen-bond donors (Lipinski definition) is 3. The van der Waals surface area contributed by atoms with E-state index in [1.807, 2.05) is 42.5 Å². The van der Waals surface area contributed by atoms with E-state index >= 15 is 0 Å². The standard InChI is InChI=1S/C46H38O3/c47-44-23-12-35(13-24-44)26-32-4-15-39(16-5-32)42-21-10-36(11-22-42)29-43-30-38(14-25-46(43)49)28-34-8-19-41(20-9-34)40-17-6-33(7-18-40)27-37-2-1-3-45(48)31-37/h1-25,30-31,47-49H,26-29H2. The highest BCUT2D eigenvalue weighted by Crippen LogP contribution is 2.28. The molecule has 7 rings (SSSR count). The fourth-order valence-corrected chi connectivity index (χ4v) is 6.36. The Labute approximate surface area is 288 Å². The molecule has 0 aromatic heterocycles. The van der Waals surface area contributed by atoms with Crippen LogP contribution in [0.4, 0.5) is 0 Å². The Morgan fingerprint density at radius 2 is 0.653 bits per heavy atom. The van der Waals surface area contributed by atoms with E-state index in [1.54, 1.807) is 18.2 Å².